The molecule has 0 spiro atoms. The molecule has 1 aliphatic heterocycles. The molecule has 0 aromatic heterocycles. The SMILES string of the molecule is O=C(O)C1CN(C(=O)CCCc2cccc(C(F)(F)F)c2)CCO1. The van der Waals surface area contributed by atoms with Crippen LogP contribution in [0.4, 0.5) is 13.2 Å². The number of alkyl halides is 3. The summed E-state index contributed by atoms with van der Waals surface area (Å²) in [4.78, 5) is 24.4. The number of ether oxygens (including phenoxy) is 1. The molecule has 1 atom stereocenters. The molecule has 2 rings (SSSR count). The van der Waals surface area contributed by atoms with Crippen molar-refractivity contribution in [1.82, 2.24) is 4.90 Å². The summed E-state index contributed by atoms with van der Waals surface area (Å²) in [7, 11) is 0. The molecule has 1 fully saturated rings. The molecule has 8 heteroatoms. The monoisotopic (exact) mass is 345 g/mol. The van der Waals surface area contributed by atoms with E-state index in [4.69, 9.17) is 9.84 Å². The van der Waals surface area contributed by atoms with E-state index < -0.39 is 23.8 Å². The number of morpholine rings is 1. The highest BCUT2D eigenvalue weighted by Crippen LogP contribution is 2.29. The predicted octanol–water partition coefficient (Wildman–Crippen LogP) is 2.34. The first-order chi connectivity index (χ1) is 11.3. The maximum absolute atomic E-state index is 12.6. The molecule has 1 aromatic carbocycles. The molecule has 24 heavy (non-hydrogen) atoms. The second-order valence-corrected chi connectivity index (χ2v) is 5.59. The Hall–Kier alpha value is -2.09. The highest BCUT2D eigenvalue weighted by atomic mass is 19.4. The topological polar surface area (TPSA) is 66.8 Å². The van der Waals surface area contributed by atoms with Crippen molar-refractivity contribution in [3.63, 3.8) is 0 Å². The average Bonchev–Trinajstić information content (AvgIpc) is 2.54. The molecule has 0 aliphatic carbocycles. The van der Waals surface area contributed by atoms with Gasteiger partial charge in [0.25, 0.3) is 0 Å². The molecule has 0 radical (unpaired) electrons. The van der Waals surface area contributed by atoms with Crippen molar-refractivity contribution < 1.29 is 32.6 Å². The number of amides is 1. The lowest BCUT2D eigenvalue weighted by molar-refractivity contribution is -0.159. The van der Waals surface area contributed by atoms with Crippen LogP contribution in [0.3, 0.4) is 0 Å². The van der Waals surface area contributed by atoms with Crippen LogP contribution in [-0.2, 0) is 26.9 Å². The number of aryl methyl sites for hydroxylation is 1. The van der Waals surface area contributed by atoms with Crippen molar-refractivity contribution in [2.24, 2.45) is 0 Å². The van der Waals surface area contributed by atoms with Crippen molar-refractivity contribution in [1.29, 1.82) is 0 Å². The summed E-state index contributed by atoms with van der Waals surface area (Å²) in [6, 6.07) is 5.03. The third-order valence-corrected chi connectivity index (χ3v) is 3.80. The molecule has 1 amide bonds. The number of carboxylic acid groups (broad SMARTS) is 1. The van der Waals surface area contributed by atoms with E-state index in [2.05, 4.69) is 0 Å². The van der Waals surface area contributed by atoms with Crippen LogP contribution >= 0.6 is 0 Å². The molecule has 132 valence electrons. The Morgan fingerprint density at radius 3 is 2.75 bits per heavy atom. The van der Waals surface area contributed by atoms with Crippen molar-refractivity contribution in [2.75, 3.05) is 19.7 Å². The molecule has 1 N–H and O–H groups in total. The minimum Gasteiger partial charge on any atom is -0.479 e. The Morgan fingerprint density at radius 1 is 1.33 bits per heavy atom. The van der Waals surface area contributed by atoms with Gasteiger partial charge in [0, 0.05) is 13.0 Å². The van der Waals surface area contributed by atoms with Gasteiger partial charge in [-0.3, -0.25) is 4.79 Å². The second-order valence-electron chi connectivity index (χ2n) is 5.59. The van der Waals surface area contributed by atoms with Crippen LogP contribution in [0.5, 0.6) is 0 Å². The predicted molar refractivity (Wildman–Crippen MR) is 78.3 cm³/mol. The maximum Gasteiger partial charge on any atom is 0.416 e. The standard InChI is InChI=1S/C16H18F3NO4/c17-16(18,19)12-5-1-3-11(9-12)4-2-6-14(21)20-7-8-24-13(10-20)15(22)23/h1,3,5,9,13H,2,4,6-8,10H2,(H,22,23). The van der Waals surface area contributed by atoms with Crippen LogP contribution in [0.25, 0.3) is 0 Å². The zero-order valence-electron chi connectivity index (χ0n) is 12.9. The fraction of sp³-hybridized carbons (Fsp3) is 0.500. The molecule has 5 nitrogen and oxygen atoms in total. The first-order valence-electron chi connectivity index (χ1n) is 7.55. The smallest absolute Gasteiger partial charge is 0.416 e. The molecular formula is C16H18F3NO4. The number of hydrogen-bond donors (Lipinski definition) is 1. The van der Waals surface area contributed by atoms with E-state index in [0.717, 1.165) is 12.1 Å². The lowest BCUT2D eigenvalue weighted by atomic mass is 10.0. The molecule has 1 heterocycles. The molecule has 1 aromatic rings. The van der Waals surface area contributed by atoms with Gasteiger partial charge in [-0.15, -0.1) is 0 Å². The Kier molecular flexibility index (Phi) is 5.82. The summed E-state index contributed by atoms with van der Waals surface area (Å²) in [5, 5.41) is 8.90. The molecule has 1 saturated heterocycles. The zero-order chi connectivity index (χ0) is 17.7. The van der Waals surface area contributed by atoms with Crippen molar-refractivity contribution in [3.8, 4) is 0 Å². The van der Waals surface area contributed by atoms with E-state index in [1.54, 1.807) is 6.07 Å². The summed E-state index contributed by atoms with van der Waals surface area (Å²) in [6.45, 7) is 0.486. The van der Waals surface area contributed by atoms with E-state index in [1.165, 1.54) is 11.0 Å². The van der Waals surface area contributed by atoms with Gasteiger partial charge in [-0.25, -0.2) is 4.79 Å². The average molecular weight is 345 g/mol. The minimum atomic E-state index is -4.38. The lowest BCUT2D eigenvalue weighted by Gasteiger charge is -2.30. The summed E-state index contributed by atoms with van der Waals surface area (Å²) >= 11 is 0. The zero-order valence-corrected chi connectivity index (χ0v) is 12.9. The summed E-state index contributed by atoms with van der Waals surface area (Å²) in [5.41, 5.74) is -0.188. The van der Waals surface area contributed by atoms with E-state index in [1.807, 2.05) is 0 Å². The van der Waals surface area contributed by atoms with E-state index in [0.29, 0.717) is 24.9 Å². The molecule has 1 unspecified atom stereocenters. The van der Waals surface area contributed by atoms with Crippen LogP contribution in [0.1, 0.15) is 24.0 Å². The Morgan fingerprint density at radius 2 is 2.08 bits per heavy atom. The van der Waals surface area contributed by atoms with Crippen molar-refractivity contribution >= 4 is 11.9 Å². The summed E-state index contributed by atoms with van der Waals surface area (Å²) < 4.78 is 43.0. The largest absolute Gasteiger partial charge is 0.479 e. The van der Waals surface area contributed by atoms with Crippen LogP contribution in [-0.4, -0.2) is 47.7 Å². The Bertz CT molecular complexity index is 603. The van der Waals surface area contributed by atoms with E-state index in [9.17, 15) is 22.8 Å². The highest BCUT2D eigenvalue weighted by Gasteiger charge is 2.30. The fourth-order valence-corrected chi connectivity index (χ4v) is 2.53. The number of carbonyl (C=O) groups excluding carboxylic acids is 1. The number of halogens is 3. The van der Waals surface area contributed by atoms with Gasteiger partial charge in [-0.1, -0.05) is 18.2 Å². The number of benzene rings is 1. The molecule has 0 saturated carbocycles. The van der Waals surface area contributed by atoms with Gasteiger partial charge in [-0.2, -0.15) is 13.2 Å². The molecule has 1 aliphatic rings. The van der Waals surface area contributed by atoms with Gasteiger partial charge < -0.3 is 14.7 Å². The Balaban J connectivity index is 1.83. The van der Waals surface area contributed by atoms with Crippen molar-refractivity contribution in [3.05, 3.63) is 35.4 Å². The molecular weight excluding hydrogens is 327 g/mol. The van der Waals surface area contributed by atoms with Gasteiger partial charge in [0.1, 0.15) is 0 Å². The number of carbonyl (C=O) groups is 2. The quantitative estimate of drug-likeness (QED) is 0.890. The second kappa shape index (κ2) is 7.65. The number of carboxylic acids is 1. The number of aliphatic carboxylic acids is 1. The van der Waals surface area contributed by atoms with Gasteiger partial charge >= 0.3 is 12.1 Å². The summed E-state index contributed by atoms with van der Waals surface area (Å²) in [6.07, 6.45) is -4.50. The van der Waals surface area contributed by atoms with Crippen LogP contribution in [0.15, 0.2) is 24.3 Å². The van der Waals surface area contributed by atoms with E-state index in [-0.39, 0.29) is 25.5 Å². The van der Waals surface area contributed by atoms with Gasteiger partial charge in [-0.05, 0) is 24.5 Å². The Labute approximate surface area is 137 Å². The number of rotatable bonds is 5. The first-order valence-corrected chi connectivity index (χ1v) is 7.55. The van der Waals surface area contributed by atoms with E-state index >= 15 is 0 Å². The van der Waals surface area contributed by atoms with Gasteiger partial charge in [0.2, 0.25) is 5.91 Å². The third-order valence-electron chi connectivity index (χ3n) is 3.80. The minimum absolute atomic E-state index is 0.00226. The normalized spacial score (nSPS) is 18.5. The first kappa shape index (κ1) is 18.3. The fourth-order valence-electron chi connectivity index (χ4n) is 2.53. The van der Waals surface area contributed by atoms with Crippen LogP contribution in [0, 0.1) is 0 Å². The third kappa shape index (κ3) is 4.95. The highest BCUT2D eigenvalue weighted by molar-refractivity contribution is 5.78. The van der Waals surface area contributed by atoms with Gasteiger partial charge in [0.15, 0.2) is 6.10 Å². The summed E-state index contributed by atoms with van der Waals surface area (Å²) in [5.74, 6) is -1.33. The van der Waals surface area contributed by atoms with Crippen LogP contribution < -0.4 is 0 Å². The maximum atomic E-state index is 12.6. The number of hydrogen-bond acceptors (Lipinski definition) is 3. The number of nitrogens with zero attached hydrogens (tertiary/aromatic N) is 1. The lowest BCUT2D eigenvalue weighted by Crippen LogP contribution is -2.48. The van der Waals surface area contributed by atoms with Crippen LogP contribution in [0.2, 0.25) is 0 Å². The molecule has 0 bridgehead atoms. The van der Waals surface area contributed by atoms with Gasteiger partial charge in [0.05, 0.1) is 18.7 Å². The van der Waals surface area contributed by atoms with Crippen molar-refractivity contribution in [2.45, 2.75) is 31.5 Å².